The molecule has 0 aliphatic carbocycles. The molecule has 0 spiro atoms. The second-order valence-electron chi connectivity index (χ2n) is 4.69. The van der Waals surface area contributed by atoms with Gasteiger partial charge in [-0.25, -0.2) is 12.8 Å². The number of nitrogens with zero attached hydrogens (tertiary/aromatic N) is 2. The Kier molecular flexibility index (Phi) is 4.07. The van der Waals surface area contributed by atoms with Crippen molar-refractivity contribution in [3.63, 3.8) is 0 Å². The van der Waals surface area contributed by atoms with Crippen molar-refractivity contribution in [2.24, 2.45) is 0 Å². The van der Waals surface area contributed by atoms with E-state index >= 15 is 0 Å². The molecule has 1 heterocycles. The van der Waals surface area contributed by atoms with Crippen LogP contribution in [0.2, 0.25) is 0 Å². The maximum Gasteiger partial charge on any atom is 0.211 e. The van der Waals surface area contributed by atoms with Gasteiger partial charge in [0.2, 0.25) is 10.0 Å². The van der Waals surface area contributed by atoms with Crippen LogP contribution in [-0.4, -0.2) is 55.2 Å². The third kappa shape index (κ3) is 3.43. The number of piperazine rings is 1. The topological polar surface area (TPSA) is 60.9 Å². The number of hydrogen-bond acceptors (Lipinski definition) is 4. The van der Waals surface area contributed by atoms with Crippen molar-refractivity contribution in [3.8, 4) is 5.75 Å². The maximum atomic E-state index is 13.2. The van der Waals surface area contributed by atoms with Crippen molar-refractivity contribution in [2.45, 2.75) is 6.54 Å². The van der Waals surface area contributed by atoms with Crippen molar-refractivity contribution in [2.75, 3.05) is 32.4 Å². The molecular formula is C12H17FN2O3S. The second kappa shape index (κ2) is 5.44. The number of aromatic hydroxyl groups is 1. The molecule has 0 saturated carbocycles. The first kappa shape index (κ1) is 14.2. The SMILES string of the molecule is CS(=O)(=O)N1CCN(Cc2cccc(F)c2O)CC1. The van der Waals surface area contributed by atoms with Crippen molar-refractivity contribution in [1.29, 1.82) is 0 Å². The number of para-hydroxylation sites is 1. The second-order valence-corrected chi connectivity index (χ2v) is 6.67. The molecule has 2 rings (SSSR count). The van der Waals surface area contributed by atoms with E-state index in [0.29, 0.717) is 38.3 Å². The summed E-state index contributed by atoms with van der Waals surface area (Å²) in [4.78, 5) is 2.00. The monoisotopic (exact) mass is 288 g/mol. The first-order chi connectivity index (χ1) is 8.88. The molecule has 1 fully saturated rings. The molecule has 1 saturated heterocycles. The molecule has 1 aliphatic rings. The number of sulfonamides is 1. The van der Waals surface area contributed by atoms with E-state index in [4.69, 9.17) is 0 Å². The van der Waals surface area contributed by atoms with Crippen LogP contribution in [0.3, 0.4) is 0 Å². The van der Waals surface area contributed by atoms with Crippen LogP contribution < -0.4 is 0 Å². The average Bonchev–Trinajstić information content (AvgIpc) is 2.35. The molecule has 1 aliphatic heterocycles. The zero-order valence-electron chi connectivity index (χ0n) is 10.7. The van der Waals surface area contributed by atoms with Crippen molar-refractivity contribution < 1.29 is 17.9 Å². The van der Waals surface area contributed by atoms with E-state index in [1.807, 2.05) is 4.90 Å². The molecule has 1 N–H and O–H groups in total. The Morgan fingerprint density at radius 1 is 1.26 bits per heavy atom. The Morgan fingerprint density at radius 3 is 2.47 bits per heavy atom. The minimum atomic E-state index is -3.14. The zero-order chi connectivity index (χ0) is 14.0. The van der Waals surface area contributed by atoms with Crippen LogP contribution in [0.4, 0.5) is 4.39 Å². The molecule has 1 aromatic carbocycles. The van der Waals surface area contributed by atoms with Gasteiger partial charge < -0.3 is 5.11 Å². The summed E-state index contributed by atoms with van der Waals surface area (Å²) < 4.78 is 37.4. The summed E-state index contributed by atoms with van der Waals surface area (Å²) in [7, 11) is -3.14. The predicted octanol–water partition coefficient (Wildman–Crippen LogP) is 0.608. The number of phenols is 1. The predicted molar refractivity (Wildman–Crippen MR) is 69.8 cm³/mol. The van der Waals surface area contributed by atoms with E-state index in [-0.39, 0.29) is 5.75 Å². The van der Waals surface area contributed by atoms with Crippen LogP contribution in [0.1, 0.15) is 5.56 Å². The smallest absolute Gasteiger partial charge is 0.211 e. The van der Waals surface area contributed by atoms with Crippen LogP contribution in [0.5, 0.6) is 5.75 Å². The Balaban J connectivity index is 1.98. The zero-order valence-corrected chi connectivity index (χ0v) is 11.5. The van der Waals surface area contributed by atoms with E-state index in [2.05, 4.69) is 0 Å². The number of halogens is 1. The standard InChI is InChI=1S/C12H17FN2O3S/c1-19(17,18)15-7-5-14(6-8-15)9-10-3-2-4-11(13)12(10)16/h2-4,16H,5-9H2,1H3. The summed E-state index contributed by atoms with van der Waals surface area (Å²) in [5.74, 6) is -0.958. The van der Waals surface area contributed by atoms with Crippen LogP contribution in [-0.2, 0) is 16.6 Å². The fraction of sp³-hybridized carbons (Fsp3) is 0.500. The van der Waals surface area contributed by atoms with Gasteiger partial charge in [0.15, 0.2) is 11.6 Å². The van der Waals surface area contributed by atoms with Gasteiger partial charge in [-0.15, -0.1) is 0 Å². The minimum Gasteiger partial charge on any atom is -0.505 e. The molecular weight excluding hydrogens is 271 g/mol. The fourth-order valence-corrected chi connectivity index (χ4v) is 2.97. The van der Waals surface area contributed by atoms with E-state index < -0.39 is 15.8 Å². The van der Waals surface area contributed by atoms with Gasteiger partial charge in [0.1, 0.15) is 0 Å². The Labute approximate surface area is 112 Å². The van der Waals surface area contributed by atoms with Crippen LogP contribution in [0.25, 0.3) is 0 Å². The Hall–Kier alpha value is -1.18. The highest BCUT2D eigenvalue weighted by Crippen LogP contribution is 2.22. The lowest BCUT2D eigenvalue weighted by molar-refractivity contribution is 0.180. The Bertz CT molecular complexity index is 554. The molecule has 1 aromatic rings. The van der Waals surface area contributed by atoms with Gasteiger partial charge in [0.05, 0.1) is 6.26 Å². The van der Waals surface area contributed by atoms with E-state index in [1.165, 1.54) is 16.6 Å². The van der Waals surface area contributed by atoms with Crippen LogP contribution in [0, 0.1) is 5.82 Å². The quantitative estimate of drug-likeness (QED) is 0.885. The Morgan fingerprint density at radius 2 is 1.89 bits per heavy atom. The average molecular weight is 288 g/mol. The van der Waals surface area contributed by atoms with Crippen LogP contribution in [0.15, 0.2) is 18.2 Å². The lowest BCUT2D eigenvalue weighted by Gasteiger charge is -2.33. The van der Waals surface area contributed by atoms with Crippen molar-refractivity contribution in [3.05, 3.63) is 29.6 Å². The minimum absolute atomic E-state index is 0.326. The highest BCUT2D eigenvalue weighted by Gasteiger charge is 2.23. The molecule has 0 radical (unpaired) electrons. The summed E-state index contributed by atoms with van der Waals surface area (Å²) in [5, 5.41) is 9.60. The fourth-order valence-electron chi connectivity index (χ4n) is 2.15. The molecule has 106 valence electrons. The van der Waals surface area contributed by atoms with Gasteiger partial charge in [0.25, 0.3) is 0 Å². The third-order valence-electron chi connectivity index (χ3n) is 3.26. The van der Waals surface area contributed by atoms with E-state index in [9.17, 15) is 17.9 Å². The molecule has 0 unspecified atom stereocenters. The van der Waals surface area contributed by atoms with Gasteiger partial charge in [-0.3, -0.25) is 4.90 Å². The third-order valence-corrected chi connectivity index (χ3v) is 4.57. The number of phenolic OH excluding ortho intramolecular Hbond substituents is 1. The largest absolute Gasteiger partial charge is 0.505 e. The maximum absolute atomic E-state index is 13.2. The summed E-state index contributed by atoms with van der Waals surface area (Å²) in [6.45, 7) is 2.41. The summed E-state index contributed by atoms with van der Waals surface area (Å²) in [6, 6.07) is 4.43. The van der Waals surface area contributed by atoms with Gasteiger partial charge in [-0.1, -0.05) is 12.1 Å². The first-order valence-corrected chi connectivity index (χ1v) is 7.86. The molecule has 0 amide bonds. The molecule has 0 atom stereocenters. The highest BCUT2D eigenvalue weighted by atomic mass is 32.2. The number of rotatable bonds is 3. The number of hydrogen-bond donors (Lipinski definition) is 1. The molecule has 19 heavy (non-hydrogen) atoms. The number of benzene rings is 1. The lowest BCUT2D eigenvalue weighted by atomic mass is 10.1. The highest BCUT2D eigenvalue weighted by molar-refractivity contribution is 7.88. The normalized spacial score (nSPS) is 18.6. The first-order valence-electron chi connectivity index (χ1n) is 6.02. The van der Waals surface area contributed by atoms with Gasteiger partial charge in [-0.05, 0) is 6.07 Å². The van der Waals surface area contributed by atoms with Crippen molar-refractivity contribution in [1.82, 2.24) is 9.21 Å². The molecule has 0 bridgehead atoms. The van der Waals surface area contributed by atoms with Crippen LogP contribution >= 0.6 is 0 Å². The summed E-state index contributed by atoms with van der Waals surface area (Å²) in [6.07, 6.45) is 1.20. The summed E-state index contributed by atoms with van der Waals surface area (Å²) >= 11 is 0. The van der Waals surface area contributed by atoms with Crippen molar-refractivity contribution >= 4 is 10.0 Å². The molecule has 0 aromatic heterocycles. The van der Waals surface area contributed by atoms with Gasteiger partial charge >= 0.3 is 0 Å². The lowest BCUT2D eigenvalue weighted by Crippen LogP contribution is -2.47. The van der Waals surface area contributed by atoms with E-state index in [1.54, 1.807) is 12.1 Å². The van der Waals surface area contributed by atoms with Gasteiger partial charge in [-0.2, -0.15) is 4.31 Å². The van der Waals surface area contributed by atoms with E-state index in [0.717, 1.165) is 0 Å². The van der Waals surface area contributed by atoms with Gasteiger partial charge in [0, 0.05) is 38.3 Å². The molecule has 7 heteroatoms. The molecule has 5 nitrogen and oxygen atoms in total. The summed E-state index contributed by atoms with van der Waals surface area (Å²) in [5.41, 5.74) is 0.521.